The van der Waals surface area contributed by atoms with E-state index in [1.165, 1.54) is 0 Å². The van der Waals surface area contributed by atoms with E-state index in [0.717, 1.165) is 11.1 Å². The molecule has 0 N–H and O–H groups in total. The Balaban J connectivity index is 1.75. The van der Waals surface area contributed by atoms with E-state index in [9.17, 15) is 4.79 Å². The SMILES string of the molecule is O=C(Cc1ccccc1)CC1(c2ccccc2)OCCO1. The maximum Gasteiger partial charge on any atom is 0.202 e. The number of ether oxygens (including phenoxy) is 2. The molecule has 0 saturated carbocycles. The molecule has 0 aliphatic carbocycles. The van der Waals surface area contributed by atoms with Gasteiger partial charge in [-0.05, 0) is 5.56 Å². The van der Waals surface area contributed by atoms with Crippen molar-refractivity contribution in [1.82, 2.24) is 0 Å². The fourth-order valence-corrected chi connectivity index (χ4v) is 2.66. The van der Waals surface area contributed by atoms with E-state index >= 15 is 0 Å². The first-order valence-corrected chi connectivity index (χ1v) is 7.18. The molecule has 0 bridgehead atoms. The maximum absolute atomic E-state index is 12.4. The van der Waals surface area contributed by atoms with Gasteiger partial charge in [0, 0.05) is 12.0 Å². The van der Waals surface area contributed by atoms with Crippen LogP contribution in [0, 0.1) is 0 Å². The second kappa shape index (κ2) is 6.20. The molecule has 2 aromatic carbocycles. The molecule has 1 saturated heterocycles. The third-order valence-corrected chi connectivity index (χ3v) is 3.64. The fraction of sp³-hybridized carbons (Fsp3) is 0.278. The first-order chi connectivity index (χ1) is 10.3. The monoisotopic (exact) mass is 282 g/mol. The van der Waals surface area contributed by atoms with Gasteiger partial charge in [-0.15, -0.1) is 0 Å². The molecule has 0 radical (unpaired) electrons. The lowest BCUT2D eigenvalue weighted by Gasteiger charge is -2.27. The van der Waals surface area contributed by atoms with E-state index in [2.05, 4.69) is 0 Å². The van der Waals surface area contributed by atoms with Crippen LogP contribution in [-0.4, -0.2) is 19.0 Å². The average molecular weight is 282 g/mol. The normalized spacial score (nSPS) is 16.8. The minimum absolute atomic E-state index is 0.118. The Bertz CT molecular complexity index is 586. The molecule has 108 valence electrons. The Labute approximate surface area is 124 Å². The van der Waals surface area contributed by atoms with Gasteiger partial charge in [0.1, 0.15) is 5.78 Å². The molecule has 1 aliphatic rings. The maximum atomic E-state index is 12.4. The smallest absolute Gasteiger partial charge is 0.202 e. The third kappa shape index (κ3) is 3.20. The van der Waals surface area contributed by atoms with Crippen LogP contribution < -0.4 is 0 Å². The van der Waals surface area contributed by atoms with Crippen molar-refractivity contribution in [3.63, 3.8) is 0 Å². The van der Waals surface area contributed by atoms with Crippen LogP contribution in [0.4, 0.5) is 0 Å². The topological polar surface area (TPSA) is 35.5 Å². The van der Waals surface area contributed by atoms with Crippen LogP contribution in [0.2, 0.25) is 0 Å². The summed E-state index contributed by atoms with van der Waals surface area (Å²) in [5.41, 5.74) is 1.92. The van der Waals surface area contributed by atoms with Gasteiger partial charge in [-0.2, -0.15) is 0 Å². The number of ketones is 1. The zero-order chi connectivity index (χ0) is 14.5. The van der Waals surface area contributed by atoms with Gasteiger partial charge in [0.25, 0.3) is 0 Å². The van der Waals surface area contributed by atoms with Crippen LogP contribution in [0.5, 0.6) is 0 Å². The number of hydrogen-bond donors (Lipinski definition) is 0. The van der Waals surface area contributed by atoms with Gasteiger partial charge in [0.05, 0.1) is 19.6 Å². The molecular weight excluding hydrogens is 264 g/mol. The predicted octanol–water partition coefficient (Wildman–Crippen LogP) is 3.09. The molecule has 0 amide bonds. The van der Waals surface area contributed by atoms with Crippen molar-refractivity contribution in [3.05, 3.63) is 71.8 Å². The van der Waals surface area contributed by atoms with Gasteiger partial charge in [-0.25, -0.2) is 0 Å². The van der Waals surface area contributed by atoms with Crippen molar-refractivity contribution in [2.75, 3.05) is 13.2 Å². The highest BCUT2D eigenvalue weighted by atomic mass is 16.7. The van der Waals surface area contributed by atoms with E-state index in [-0.39, 0.29) is 12.2 Å². The molecule has 0 atom stereocenters. The Morgan fingerprint density at radius 3 is 2.10 bits per heavy atom. The zero-order valence-electron chi connectivity index (χ0n) is 11.8. The highest BCUT2D eigenvalue weighted by Crippen LogP contribution is 2.35. The molecule has 1 fully saturated rings. The zero-order valence-corrected chi connectivity index (χ0v) is 11.8. The minimum Gasteiger partial charge on any atom is -0.343 e. The van der Waals surface area contributed by atoms with Crippen molar-refractivity contribution in [3.8, 4) is 0 Å². The second-order valence-corrected chi connectivity index (χ2v) is 5.19. The van der Waals surface area contributed by atoms with Gasteiger partial charge in [0.2, 0.25) is 5.79 Å². The van der Waals surface area contributed by atoms with Crippen LogP contribution in [-0.2, 0) is 26.5 Å². The van der Waals surface area contributed by atoms with Crippen LogP contribution in [0.3, 0.4) is 0 Å². The molecule has 0 spiro atoms. The quantitative estimate of drug-likeness (QED) is 0.845. The Hall–Kier alpha value is -1.97. The summed E-state index contributed by atoms with van der Waals surface area (Å²) in [5.74, 6) is -0.792. The Morgan fingerprint density at radius 2 is 1.48 bits per heavy atom. The standard InChI is InChI=1S/C18H18O3/c19-17(13-15-7-3-1-4-8-15)14-18(20-11-12-21-18)16-9-5-2-6-10-16/h1-10H,11-14H2. The number of benzene rings is 2. The molecule has 21 heavy (non-hydrogen) atoms. The number of hydrogen-bond acceptors (Lipinski definition) is 3. The van der Waals surface area contributed by atoms with E-state index in [1.807, 2.05) is 60.7 Å². The van der Waals surface area contributed by atoms with E-state index < -0.39 is 5.79 Å². The number of Topliss-reactive ketones (excluding diaryl/α,β-unsaturated/α-hetero) is 1. The molecule has 1 heterocycles. The minimum atomic E-state index is -0.910. The highest BCUT2D eigenvalue weighted by molar-refractivity contribution is 5.81. The summed E-state index contributed by atoms with van der Waals surface area (Å²) in [6.45, 7) is 1.04. The van der Waals surface area contributed by atoms with Gasteiger partial charge >= 0.3 is 0 Å². The summed E-state index contributed by atoms with van der Waals surface area (Å²) in [6, 6.07) is 19.5. The Morgan fingerprint density at radius 1 is 0.905 bits per heavy atom. The Kier molecular flexibility index (Phi) is 4.13. The second-order valence-electron chi connectivity index (χ2n) is 5.19. The molecular formula is C18H18O3. The van der Waals surface area contributed by atoms with Crippen molar-refractivity contribution in [2.45, 2.75) is 18.6 Å². The highest BCUT2D eigenvalue weighted by Gasteiger charge is 2.40. The summed E-state index contributed by atoms with van der Waals surface area (Å²) in [5, 5.41) is 0. The first kappa shape index (κ1) is 14.0. The number of rotatable bonds is 5. The number of carbonyl (C=O) groups is 1. The first-order valence-electron chi connectivity index (χ1n) is 7.18. The van der Waals surface area contributed by atoms with E-state index in [4.69, 9.17) is 9.47 Å². The lowest BCUT2D eigenvalue weighted by Crippen LogP contribution is -2.31. The van der Waals surface area contributed by atoms with Gasteiger partial charge < -0.3 is 9.47 Å². The molecule has 0 aromatic heterocycles. The van der Waals surface area contributed by atoms with Crippen molar-refractivity contribution >= 4 is 5.78 Å². The fourth-order valence-electron chi connectivity index (χ4n) is 2.66. The molecule has 1 aliphatic heterocycles. The van der Waals surface area contributed by atoms with Crippen molar-refractivity contribution in [1.29, 1.82) is 0 Å². The predicted molar refractivity (Wildman–Crippen MR) is 79.8 cm³/mol. The molecule has 0 unspecified atom stereocenters. The summed E-state index contributed by atoms with van der Waals surface area (Å²) in [7, 11) is 0. The third-order valence-electron chi connectivity index (χ3n) is 3.64. The largest absolute Gasteiger partial charge is 0.343 e. The van der Waals surface area contributed by atoms with E-state index in [1.54, 1.807) is 0 Å². The van der Waals surface area contributed by atoms with Crippen LogP contribution in [0.25, 0.3) is 0 Å². The van der Waals surface area contributed by atoms with Crippen LogP contribution >= 0.6 is 0 Å². The average Bonchev–Trinajstić information content (AvgIpc) is 2.99. The summed E-state index contributed by atoms with van der Waals surface area (Å²) in [6.07, 6.45) is 0.647. The van der Waals surface area contributed by atoms with Crippen molar-refractivity contribution in [2.24, 2.45) is 0 Å². The summed E-state index contributed by atoms with van der Waals surface area (Å²) < 4.78 is 11.6. The molecule has 2 aromatic rings. The lowest BCUT2D eigenvalue weighted by molar-refractivity contribution is -0.175. The van der Waals surface area contributed by atoms with Gasteiger partial charge in [-0.1, -0.05) is 60.7 Å². The number of carbonyl (C=O) groups excluding carboxylic acids is 1. The summed E-state index contributed by atoms with van der Waals surface area (Å²) in [4.78, 5) is 12.4. The van der Waals surface area contributed by atoms with Crippen LogP contribution in [0.15, 0.2) is 60.7 Å². The summed E-state index contributed by atoms with van der Waals surface area (Å²) >= 11 is 0. The van der Waals surface area contributed by atoms with Gasteiger partial charge in [-0.3, -0.25) is 4.79 Å². The van der Waals surface area contributed by atoms with Crippen molar-refractivity contribution < 1.29 is 14.3 Å². The molecule has 3 nitrogen and oxygen atoms in total. The molecule has 3 heteroatoms. The lowest BCUT2D eigenvalue weighted by atomic mass is 9.97. The molecule has 3 rings (SSSR count). The van der Waals surface area contributed by atoms with Gasteiger partial charge in [0.15, 0.2) is 0 Å². The van der Waals surface area contributed by atoms with E-state index in [0.29, 0.717) is 19.6 Å². The van der Waals surface area contributed by atoms with Crippen LogP contribution in [0.1, 0.15) is 17.5 Å².